The summed E-state index contributed by atoms with van der Waals surface area (Å²) in [6, 6.07) is 0. The molecule has 1 rings (SSSR count). The molecule has 1 heterocycles. The fraction of sp³-hybridized carbons (Fsp3) is 0.909. The van der Waals surface area contributed by atoms with Crippen molar-refractivity contribution in [3.8, 4) is 0 Å². The minimum Gasteiger partial charge on any atom is -0.342 e. The van der Waals surface area contributed by atoms with Gasteiger partial charge in [-0.1, -0.05) is 36.7 Å². The maximum absolute atomic E-state index is 11.6. The zero-order chi connectivity index (χ0) is 10.8. The van der Waals surface area contributed by atoms with Gasteiger partial charge in [0.2, 0.25) is 5.91 Å². The Morgan fingerprint density at radius 2 is 2.14 bits per heavy atom. The molecule has 1 aliphatic heterocycles. The highest BCUT2D eigenvalue weighted by Gasteiger charge is 2.33. The summed E-state index contributed by atoms with van der Waals surface area (Å²) in [4.78, 5) is 13.6. The quantitative estimate of drug-likeness (QED) is 0.701. The molecule has 0 aliphatic carbocycles. The van der Waals surface area contributed by atoms with Crippen LogP contribution in [0.15, 0.2) is 0 Å². The number of hydrogen-bond acceptors (Lipinski definition) is 1. The van der Waals surface area contributed by atoms with Crippen LogP contribution in [0, 0.1) is 11.3 Å². The highest BCUT2D eigenvalue weighted by atomic mass is 79.9. The zero-order valence-electron chi connectivity index (χ0n) is 9.35. The van der Waals surface area contributed by atoms with Gasteiger partial charge in [-0.2, -0.15) is 0 Å². The van der Waals surface area contributed by atoms with Crippen LogP contribution in [0.3, 0.4) is 0 Å². The van der Waals surface area contributed by atoms with Crippen LogP contribution < -0.4 is 0 Å². The average Bonchev–Trinajstić information content (AvgIpc) is 2.51. The summed E-state index contributed by atoms with van der Waals surface area (Å²) in [5, 5.41) is 0.780. The lowest BCUT2D eigenvalue weighted by Gasteiger charge is -2.26. The number of carbonyl (C=O) groups is 1. The molecular weight excluding hydrogens is 242 g/mol. The normalized spacial score (nSPS) is 22.9. The van der Waals surface area contributed by atoms with Crippen molar-refractivity contribution < 1.29 is 4.79 Å². The second kappa shape index (κ2) is 4.65. The molecule has 1 aliphatic rings. The fourth-order valence-corrected chi connectivity index (χ4v) is 2.27. The number of halogens is 1. The van der Waals surface area contributed by atoms with Gasteiger partial charge in [-0.25, -0.2) is 0 Å². The maximum atomic E-state index is 11.6. The highest BCUT2D eigenvalue weighted by molar-refractivity contribution is 9.09. The predicted octanol–water partition coefficient (Wildman–Crippen LogP) is 2.67. The van der Waals surface area contributed by atoms with Crippen LogP contribution in [-0.2, 0) is 4.79 Å². The lowest BCUT2D eigenvalue weighted by atomic mass is 9.80. The molecule has 0 aromatic carbocycles. The molecule has 0 N–H and O–H groups in total. The largest absolute Gasteiger partial charge is 0.342 e. The molecule has 1 atom stereocenters. The lowest BCUT2D eigenvalue weighted by molar-refractivity contribution is -0.129. The Kier molecular flexibility index (Phi) is 3.99. The molecule has 0 bridgehead atoms. The summed E-state index contributed by atoms with van der Waals surface area (Å²) >= 11 is 3.30. The summed E-state index contributed by atoms with van der Waals surface area (Å²) in [6.45, 7) is 8.69. The van der Waals surface area contributed by atoms with Crippen molar-refractivity contribution in [3.05, 3.63) is 0 Å². The minimum absolute atomic E-state index is 0.300. The maximum Gasteiger partial charge on any atom is 0.223 e. The van der Waals surface area contributed by atoms with E-state index in [1.54, 1.807) is 0 Å². The Labute approximate surface area is 95.2 Å². The first-order valence-electron chi connectivity index (χ1n) is 5.29. The Morgan fingerprint density at radius 3 is 2.57 bits per heavy atom. The molecule has 1 amide bonds. The zero-order valence-corrected chi connectivity index (χ0v) is 10.9. The van der Waals surface area contributed by atoms with E-state index in [4.69, 9.17) is 0 Å². The van der Waals surface area contributed by atoms with Gasteiger partial charge in [0.25, 0.3) is 0 Å². The Balaban J connectivity index is 2.45. The molecule has 82 valence electrons. The van der Waals surface area contributed by atoms with E-state index in [0.717, 1.165) is 24.8 Å². The molecule has 2 nitrogen and oxygen atoms in total. The fourth-order valence-electron chi connectivity index (χ4n) is 1.93. The number of amides is 1. The first-order valence-corrected chi connectivity index (χ1v) is 6.41. The number of likely N-dealkylation sites (tertiary alicyclic amines) is 1. The number of nitrogens with zero attached hydrogens (tertiary/aromatic N) is 1. The Hall–Kier alpha value is -0.0500. The van der Waals surface area contributed by atoms with Crippen molar-refractivity contribution in [2.75, 3.05) is 18.4 Å². The summed E-state index contributed by atoms with van der Waals surface area (Å²) < 4.78 is 0. The molecule has 0 spiro atoms. The van der Waals surface area contributed by atoms with E-state index in [1.807, 2.05) is 4.90 Å². The van der Waals surface area contributed by atoms with Crippen molar-refractivity contribution in [2.45, 2.75) is 33.6 Å². The molecule has 1 saturated heterocycles. The van der Waals surface area contributed by atoms with Crippen LogP contribution in [0.1, 0.15) is 33.6 Å². The molecule has 1 fully saturated rings. The third-order valence-electron chi connectivity index (χ3n) is 3.07. The van der Waals surface area contributed by atoms with Crippen LogP contribution in [-0.4, -0.2) is 29.2 Å². The molecule has 0 radical (unpaired) electrons. The summed E-state index contributed by atoms with van der Waals surface area (Å²) in [7, 11) is 0. The van der Waals surface area contributed by atoms with Crippen molar-refractivity contribution in [1.29, 1.82) is 0 Å². The van der Waals surface area contributed by atoms with E-state index < -0.39 is 0 Å². The first-order chi connectivity index (χ1) is 6.45. The Morgan fingerprint density at radius 1 is 1.50 bits per heavy atom. The summed E-state index contributed by atoms with van der Waals surface area (Å²) in [6.07, 6.45) is 1.80. The van der Waals surface area contributed by atoms with Crippen molar-refractivity contribution in [1.82, 2.24) is 4.90 Å². The van der Waals surface area contributed by atoms with Gasteiger partial charge in [-0.15, -0.1) is 0 Å². The molecule has 0 saturated carbocycles. The summed E-state index contributed by atoms with van der Waals surface area (Å²) in [5.41, 5.74) is 0.337. The standard InChI is InChI=1S/C11H20BrNO/c1-11(2,3)9-5-7-13(8-9)10(14)4-6-12/h9H,4-8H2,1-3H3. The molecule has 3 heteroatoms. The minimum atomic E-state index is 0.300. The van der Waals surface area contributed by atoms with Gasteiger partial charge < -0.3 is 4.90 Å². The molecule has 0 aromatic rings. The van der Waals surface area contributed by atoms with Crippen molar-refractivity contribution in [3.63, 3.8) is 0 Å². The second-order valence-electron chi connectivity index (χ2n) is 5.13. The van der Waals surface area contributed by atoms with Gasteiger partial charge in [-0.3, -0.25) is 4.79 Å². The lowest BCUT2D eigenvalue weighted by Crippen LogP contribution is -2.31. The van der Waals surface area contributed by atoms with E-state index in [-0.39, 0.29) is 0 Å². The van der Waals surface area contributed by atoms with Gasteiger partial charge in [0.1, 0.15) is 0 Å². The van der Waals surface area contributed by atoms with E-state index in [1.165, 1.54) is 0 Å². The molecular formula is C11H20BrNO. The van der Waals surface area contributed by atoms with E-state index in [0.29, 0.717) is 23.7 Å². The van der Waals surface area contributed by atoms with Crippen LogP contribution in [0.5, 0.6) is 0 Å². The van der Waals surface area contributed by atoms with Crippen LogP contribution in [0.2, 0.25) is 0 Å². The highest BCUT2D eigenvalue weighted by Crippen LogP contribution is 2.33. The van der Waals surface area contributed by atoms with E-state index in [9.17, 15) is 4.79 Å². The number of rotatable bonds is 2. The van der Waals surface area contributed by atoms with Crippen molar-refractivity contribution in [2.24, 2.45) is 11.3 Å². The number of carbonyl (C=O) groups excluding carboxylic acids is 1. The van der Waals surface area contributed by atoms with Crippen LogP contribution in [0.25, 0.3) is 0 Å². The number of alkyl halides is 1. The van der Waals surface area contributed by atoms with Gasteiger partial charge in [-0.05, 0) is 17.8 Å². The van der Waals surface area contributed by atoms with Gasteiger partial charge in [0, 0.05) is 24.8 Å². The van der Waals surface area contributed by atoms with E-state index in [2.05, 4.69) is 36.7 Å². The van der Waals surface area contributed by atoms with Gasteiger partial charge in [0.05, 0.1) is 0 Å². The smallest absolute Gasteiger partial charge is 0.223 e. The van der Waals surface area contributed by atoms with Gasteiger partial charge in [0.15, 0.2) is 0 Å². The SMILES string of the molecule is CC(C)(C)C1CCN(C(=O)CCBr)C1. The molecule has 14 heavy (non-hydrogen) atoms. The topological polar surface area (TPSA) is 20.3 Å². The van der Waals surface area contributed by atoms with Crippen LogP contribution in [0.4, 0.5) is 0 Å². The third kappa shape index (κ3) is 2.97. The second-order valence-corrected chi connectivity index (χ2v) is 5.92. The Bertz CT molecular complexity index is 210. The first kappa shape index (κ1) is 12.0. The van der Waals surface area contributed by atoms with Crippen molar-refractivity contribution >= 4 is 21.8 Å². The average molecular weight is 262 g/mol. The third-order valence-corrected chi connectivity index (χ3v) is 3.47. The number of hydrogen-bond donors (Lipinski definition) is 0. The predicted molar refractivity (Wildman–Crippen MR) is 62.6 cm³/mol. The van der Waals surface area contributed by atoms with E-state index >= 15 is 0 Å². The molecule has 0 aromatic heterocycles. The van der Waals surface area contributed by atoms with Gasteiger partial charge >= 0.3 is 0 Å². The summed E-state index contributed by atoms with van der Waals surface area (Å²) in [5.74, 6) is 0.968. The molecule has 1 unspecified atom stereocenters. The van der Waals surface area contributed by atoms with Crippen LogP contribution >= 0.6 is 15.9 Å². The monoisotopic (exact) mass is 261 g/mol.